The Morgan fingerprint density at radius 3 is 2.88 bits per heavy atom. The van der Waals surface area contributed by atoms with Crippen molar-refractivity contribution in [1.82, 2.24) is 10.6 Å². The third-order valence-electron chi connectivity index (χ3n) is 4.90. The maximum Gasteiger partial charge on any atom is 0.220 e. The second-order valence-electron chi connectivity index (χ2n) is 6.76. The smallest absolute Gasteiger partial charge is 0.220 e. The highest BCUT2D eigenvalue weighted by Crippen LogP contribution is 2.25. The molecule has 1 aliphatic rings. The predicted molar refractivity (Wildman–Crippen MR) is 99.4 cm³/mol. The minimum absolute atomic E-state index is 0. The summed E-state index contributed by atoms with van der Waals surface area (Å²) in [6, 6.07) is 9.82. The lowest BCUT2D eigenvalue weighted by Crippen LogP contribution is -2.36. The number of halogens is 1. The number of amides is 1. The second kappa shape index (κ2) is 8.54. The number of fused-ring (bicyclic) bond motifs is 1. The molecule has 1 aromatic heterocycles. The Labute approximate surface area is 149 Å². The van der Waals surface area contributed by atoms with Gasteiger partial charge in [-0.15, -0.1) is 12.4 Å². The monoisotopic (exact) mass is 350 g/mol. The Kier molecular flexibility index (Phi) is 6.69. The van der Waals surface area contributed by atoms with E-state index in [4.69, 9.17) is 4.42 Å². The number of benzene rings is 1. The first kappa shape index (κ1) is 18.8. The van der Waals surface area contributed by atoms with Gasteiger partial charge in [0.1, 0.15) is 11.3 Å². The normalized spacial score (nSPS) is 20.2. The summed E-state index contributed by atoms with van der Waals surface area (Å²) in [6.45, 7) is 6.30. The molecule has 2 N–H and O–H groups in total. The number of para-hydroxylation sites is 1. The predicted octanol–water partition coefficient (Wildman–Crippen LogP) is 4.06. The molecule has 2 aromatic rings. The molecule has 3 unspecified atom stereocenters. The number of rotatable bonds is 5. The molecular formula is C19H27ClN2O2. The average molecular weight is 351 g/mol. The summed E-state index contributed by atoms with van der Waals surface area (Å²) in [7, 11) is 0. The molecule has 132 valence electrons. The molecule has 24 heavy (non-hydrogen) atoms. The van der Waals surface area contributed by atoms with Crippen LogP contribution >= 0.6 is 12.4 Å². The maximum atomic E-state index is 12.3. The zero-order chi connectivity index (χ0) is 16.2. The highest BCUT2D eigenvalue weighted by Gasteiger charge is 2.23. The van der Waals surface area contributed by atoms with E-state index in [-0.39, 0.29) is 24.4 Å². The van der Waals surface area contributed by atoms with Crippen molar-refractivity contribution in [2.75, 3.05) is 13.1 Å². The minimum Gasteiger partial charge on any atom is -0.459 e. The van der Waals surface area contributed by atoms with Gasteiger partial charge in [0.05, 0.1) is 6.04 Å². The molecule has 1 aliphatic heterocycles. The first-order valence-corrected chi connectivity index (χ1v) is 8.62. The fourth-order valence-corrected chi connectivity index (χ4v) is 3.41. The molecule has 0 aliphatic carbocycles. The van der Waals surface area contributed by atoms with E-state index in [9.17, 15) is 4.79 Å². The van der Waals surface area contributed by atoms with Crippen molar-refractivity contribution >= 4 is 29.3 Å². The molecule has 3 atom stereocenters. The highest BCUT2D eigenvalue weighted by molar-refractivity contribution is 5.85. The van der Waals surface area contributed by atoms with Crippen molar-refractivity contribution in [1.29, 1.82) is 0 Å². The van der Waals surface area contributed by atoms with E-state index in [0.29, 0.717) is 18.3 Å². The zero-order valence-electron chi connectivity index (χ0n) is 14.4. The standard InChI is InChI=1S/C19H26N2O2.ClH/c1-13(16-7-5-9-20-12-16)10-19(22)21-14(2)18-11-15-6-3-4-8-17(15)23-18;/h3-4,6,8,11,13-14,16,20H,5,7,9-10,12H2,1-2H3,(H,21,22);1H. The van der Waals surface area contributed by atoms with Crippen LogP contribution in [0.25, 0.3) is 11.0 Å². The van der Waals surface area contributed by atoms with E-state index in [1.165, 1.54) is 12.8 Å². The summed E-state index contributed by atoms with van der Waals surface area (Å²) in [5.41, 5.74) is 0.866. The molecule has 0 bridgehead atoms. The molecule has 0 radical (unpaired) electrons. The number of nitrogens with one attached hydrogen (secondary N) is 2. The summed E-state index contributed by atoms with van der Waals surface area (Å²) >= 11 is 0. The van der Waals surface area contributed by atoms with Crippen LogP contribution in [0.3, 0.4) is 0 Å². The van der Waals surface area contributed by atoms with Crippen molar-refractivity contribution in [2.24, 2.45) is 11.8 Å². The van der Waals surface area contributed by atoms with E-state index in [1.54, 1.807) is 0 Å². The van der Waals surface area contributed by atoms with Gasteiger partial charge in [0.25, 0.3) is 0 Å². The topological polar surface area (TPSA) is 54.3 Å². The van der Waals surface area contributed by atoms with Crippen LogP contribution in [0.4, 0.5) is 0 Å². The van der Waals surface area contributed by atoms with Crippen molar-refractivity contribution in [3.05, 3.63) is 36.1 Å². The first-order chi connectivity index (χ1) is 11.1. The summed E-state index contributed by atoms with van der Waals surface area (Å²) in [4.78, 5) is 12.3. The van der Waals surface area contributed by atoms with Crippen LogP contribution in [-0.4, -0.2) is 19.0 Å². The lowest BCUT2D eigenvalue weighted by Gasteiger charge is -2.28. The molecule has 1 aromatic carbocycles. The Balaban J connectivity index is 0.00000208. The molecule has 1 saturated heterocycles. The number of furan rings is 1. The first-order valence-electron chi connectivity index (χ1n) is 8.62. The van der Waals surface area contributed by atoms with Crippen LogP contribution in [0.15, 0.2) is 34.7 Å². The van der Waals surface area contributed by atoms with E-state index in [1.807, 2.05) is 37.3 Å². The SMILES string of the molecule is CC(NC(=O)CC(C)C1CCCNC1)c1cc2ccccc2o1.Cl. The van der Waals surface area contributed by atoms with E-state index >= 15 is 0 Å². The van der Waals surface area contributed by atoms with Crippen LogP contribution < -0.4 is 10.6 Å². The van der Waals surface area contributed by atoms with Gasteiger partial charge >= 0.3 is 0 Å². The molecule has 3 rings (SSSR count). The van der Waals surface area contributed by atoms with Gasteiger partial charge < -0.3 is 15.1 Å². The largest absolute Gasteiger partial charge is 0.459 e. The number of piperidine rings is 1. The third kappa shape index (κ3) is 4.52. The Morgan fingerprint density at radius 1 is 1.38 bits per heavy atom. The van der Waals surface area contributed by atoms with E-state index < -0.39 is 0 Å². The Bertz CT molecular complexity index is 631. The molecule has 5 heteroatoms. The van der Waals surface area contributed by atoms with Gasteiger partial charge in [0, 0.05) is 11.8 Å². The molecule has 4 nitrogen and oxygen atoms in total. The van der Waals surface area contributed by atoms with Gasteiger partial charge in [0.15, 0.2) is 0 Å². The van der Waals surface area contributed by atoms with Gasteiger partial charge in [-0.3, -0.25) is 4.79 Å². The molecule has 1 amide bonds. The lowest BCUT2D eigenvalue weighted by molar-refractivity contribution is -0.123. The third-order valence-corrected chi connectivity index (χ3v) is 4.90. The van der Waals surface area contributed by atoms with Crippen molar-refractivity contribution < 1.29 is 9.21 Å². The Hall–Kier alpha value is -1.52. The molecule has 0 saturated carbocycles. The van der Waals surface area contributed by atoms with Gasteiger partial charge in [0.2, 0.25) is 5.91 Å². The van der Waals surface area contributed by atoms with Crippen LogP contribution in [0, 0.1) is 11.8 Å². The highest BCUT2D eigenvalue weighted by atomic mass is 35.5. The van der Waals surface area contributed by atoms with Crippen LogP contribution in [0.5, 0.6) is 0 Å². The van der Waals surface area contributed by atoms with Crippen molar-refractivity contribution in [2.45, 2.75) is 39.2 Å². The zero-order valence-corrected chi connectivity index (χ0v) is 15.2. The summed E-state index contributed by atoms with van der Waals surface area (Å²) in [5, 5.41) is 7.57. The molecule has 0 spiro atoms. The minimum atomic E-state index is -0.105. The number of carbonyl (C=O) groups is 1. The summed E-state index contributed by atoms with van der Waals surface area (Å²) < 4.78 is 5.83. The summed E-state index contributed by atoms with van der Waals surface area (Å²) in [6.07, 6.45) is 3.02. The van der Waals surface area contributed by atoms with Gasteiger partial charge in [-0.2, -0.15) is 0 Å². The lowest BCUT2D eigenvalue weighted by atomic mass is 9.85. The van der Waals surface area contributed by atoms with Gasteiger partial charge in [-0.05, 0) is 56.8 Å². The molecule has 2 heterocycles. The number of hydrogen-bond donors (Lipinski definition) is 2. The summed E-state index contributed by atoms with van der Waals surface area (Å²) in [5.74, 6) is 1.93. The fourth-order valence-electron chi connectivity index (χ4n) is 3.41. The van der Waals surface area contributed by atoms with E-state index in [2.05, 4.69) is 17.6 Å². The van der Waals surface area contributed by atoms with Crippen molar-refractivity contribution in [3.8, 4) is 0 Å². The van der Waals surface area contributed by atoms with Crippen LogP contribution in [-0.2, 0) is 4.79 Å². The molecule has 1 fully saturated rings. The van der Waals surface area contributed by atoms with Crippen LogP contribution in [0.1, 0.15) is 44.9 Å². The fraction of sp³-hybridized carbons (Fsp3) is 0.526. The second-order valence-corrected chi connectivity index (χ2v) is 6.76. The quantitative estimate of drug-likeness (QED) is 0.855. The van der Waals surface area contributed by atoms with Gasteiger partial charge in [-0.1, -0.05) is 25.1 Å². The van der Waals surface area contributed by atoms with Crippen LogP contribution in [0.2, 0.25) is 0 Å². The van der Waals surface area contributed by atoms with Gasteiger partial charge in [-0.25, -0.2) is 0 Å². The molecular weight excluding hydrogens is 324 g/mol. The number of hydrogen-bond acceptors (Lipinski definition) is 3. The van der Waals surface area contributed by atoms with Crippen molar-refractivity contribution in [3.63, 3.8) is 0 Å². The maximum absolute atomic E-state index is 12.3. The average Bonchev–Trinajstić information content (AvgIpc) is 2.99. The Morgan fingerprint density at radius 2 is 2.17 bits per heavy atom. The van der Waals surface area contributed by atoms with E-state index in [0.717, 1.165) is 29.8 Å². The number of carbonyl (C=O) groups excluding carboxylic acids is 1.